The predicted molar refractivity (Wildman–Crippen MR) is 311 cm³/mol. The van der Waals surface area contributed by atoms with Crippen molar-refractivity contribution in [2.45, 2.75) is 290 Å². The Bertz CT molecular complexity index is 1430. The van der Waals surface area contributed by atoms with E-state index in [1.165, 1.54) is 154 Å². The van der Waals surface area contributed by atoms with Gasteiger partial charge in [0, 0.05) is 12.8 Å². The van der Waals surface area contributed by atoms with E-state index in [2.05, 4.69) is 106 Å². The highest BCUT2D eigenvalue weighted by molar-refractivity contribution is 5.72. The Morgan fingerprint density at radius 1 is 0.306 bits per heavy atom. The summed E-state index contributed by atoms with van der Waals surface area (Å²) in [6.45, 7) is 6.43. The van der Waals surface area contributed by atoms with Crippen LogP contribution < -0.4 is 0 Å². The van der Waals surface area contributed by atoms with Crippen molar-refractivity contribution in [2.24, 2.45) is 0 Å². The Balaban J connectivity index is 4.37. The molecule has 0 amide bonds. The summed E-state index contributed by atoms with van der Waals surface area (Å²) < 4.78 is 16.8. The van der Waals surface area contributed by atoms with E-state index in [1.54, 1.807) is 6.08 Å². The molecule has 72 heavy (non-hydrogen) atoms. The maximum Gasteiger partial charge on any atom is 0.310 e. The topological polar surface area (TPSA) is 78.9 Å². The average molecular weight is 1000 g/mol. The molecule has 0 spiro atoms. The molecule has 6 heteroatoms. The van der Waals surface area contributed by atoms with Crippen molar-refractivity contribution in [3.8, 4) is 0 Å². The van der Waals surface area contributed by atoms with Gasteiger partial charge in [0.15, 0.2) is 6.10 Å². The van der Waals surface area contributed by atoms with Crippen LogP contribution in [0.3, 0.4) is 0 Å². The summed E-state index contributed by atoms with van der Waals surface area (Å²) in [5, 5.41) is 0. The number of ether oxygens (including phenoxy) is 3. The third kappa shape index (κ3) is 57.2. The van der Waals surface area contributed by atoms with Crippen LogP contribution in [-0.2, 0) is 28.6 Å². The van der Waals surface area contributed by atoms with Crippen molar-refractivity contribution >= 4 is 17.9 Å². The summed E-state index contributed by atoms with van der Waals surface area (Å²) in [7, 11) is 0. The molecule has 0 bridgehead atoms. The summed E-state index contributed by atoms with van der Waals surface area (Å²) in [4.78, 5) is 38.1. The lowest BCUT2D eigenvalue weighted by Crippen LogP contribution is -2.30. The van der Waals surface area contributed by atoms with E-state index in [1.807, 2.05) is 6.08 Å². The zero-order valence-electron chi connectivity index (χ0n) is 47.2. The number of allylic oxidation sites excluding steroid dienone is 15. The van der Waals surface area contributed by atoms with E-state index in [0.717, 1.165) is 89.9 Å². The molecular weight excluding hydrogens is 889 g/mol. The van der Waals surface area contributed by atoms with Crippen LogP contribution in [0.1, 0.15) is 284 Å². The van der Waals surface area contributed by atoms with Gasteiger partial charge in [0.25, 0.3) is 0 Å². The van der Waals surface area contributed by atoms with Crippen molar-refractivity contribution in [2.75, 3.05) is 13.2 Å². The van der Waals surface area contributed by atoms with Gasteiger partial charge in [0.1, 0.15) is 13.2 Å². The van der Waals surface area contributed by atoms with Crippen LogP contribution in [-0.4, -0.2) is 37.2 Å². The van der Waals surface area contributed by atoms with Crippen molar-refractivity contribution in [3.63, 3.8) is 0 Å². The lowest BCUT2D eigenvalue weighted by Gasteiger charge is -2.18. The molecule has 412 valence electrons. The van der Waals surface area contributed by atoms with Gasteiger partial charge in [-0.2, -0.15) is 0 Å². The minimum absolute atomic E-state index is 0.0943. The Morgan fingerprint density at radius 2 is 0.583 bits per heavy atom. The third-order valence-electron chi connectivity index (χ3n) is 12.8. The second-order valence-corrected chi connectivity index (χ2v) is 19.9. The van der Waals surface area contributed by atoms with Gasteiger partial charge in [-0.1, -0.05) is 259 Å². The molecule has 0 aliphatic rings. The average Bonchev–Trinajstić information content (AvgIpc) is 3.38. The van der Waals surface area contributed by atoms with E-state index in [9.17, 15) is 14.4 Å². The van der Waals surface area contributed by atoms with Gasteiger partial charge in [-0.15, -0.1) is 0 Å². The molecule has 0 N–H and O–H groups in total. The lowest BCUT2D eigenvalue weighted by atomic mass is 10.0. The zero-order valence-corrected chi connectivity index (χ0v) is 47.2. The second kappa shape index (κ2) is 59.9. The van der Waals surface area contributed by atoms with E-state index in [0.29, 0.717) is 12.8 Å². The largest absolute Gasteiger partial charge is 0.462 e. The van der Waals surface area contributed by atoms with Crippen LogP contribution in [0.25, 0.3) is 0 Å². The smallest absolute Gasteiger partial charge is 0.310 e. The number of hydrogen-bond acceptors (Lipinski definition) is 6. The first-order valence-corrected chi connectivity index (χ1v) is 30.2. The number of esters is 3. The van der Waals surface area contributed by atoms with Crippen LogP contribution in [0.15, 0.2) is 97.2 Å². The van der Waals surface area contributed by atoms with Crippen LogP contribution in [0.2, 0.25) is 0 Å². The molecule has 1 atom stereocenters. The molecule has 0 radical (unpaired) electrons. The molecule has 0 saturated heterocycles. The van der Waals surface area contributed by atoms with Gasteiger partial charge >= 0.3 is 17.9 Å². The molecule has 6 nitrogen and oxygen atoms in total. The number of hydrogen-bond donors (Lipinski definition) is 0. The fourth-order valence-electron chi connectivity index (χ4n) is 8.31. The monoisotopic (exact) mass is 1000 g/mol. The number of rotatable bonds is 54. The van der Waals surface area contributed by atoms with Gasteiger partial charge in [-0.05, 0) is 103 Å². The van der Waals surface area contributed by atoms with Crippen LogP contribution in [0.5, 0.6) is 0 Å². The maximum atomic E-state index is 12.8. The van der Waals surface area contributed by atoms with Gasteiger partial charge in [-0.3, -0.25) is 14.4 Å². The second-order valence-electron chi connectivity index (χ2n) is 19.9. The Labute approximate surface area is 445 Å². The van der Waals surface area contributed by atoms with Crippen LogP contribution >= 0.6 is 0 Å². The van der Waals surface area contributed by atoms with E-state index >= 15 is 0 Å². The molecule has 0 rings (SSSR count). The van der Waals surface area contributed by atoms with E-state index in [4.69, 9.17) is 14.2 Å². The molecule has 0 aliphatic carbocycles. The molecule has 0 saturated carbocycles. The first-order chi connectivity index (χ1) is 35.5. The summed E-state index contributed by atoms with van der Waals surface area (Å²) >= 11 is 0. The molecule has 0 aromatic heterocycles. The molecule has 0 fully saturated rings. The van der Waals surface area contributed by atoms with Crippen molar-refractivity contribution in [3.05, 3.63) is 97.2 Å². The molecule has 0 aliphatic heterocycles. The van der Waals surface area contributed by atoms with Crippen LogP contribution in [0.4, 0.5) is 0 Å². The minimum atomic E-state index is -0.836. The fraction of sp³-hybridized carbons (Fsp3) is 0.712. The molecule has 0 aromatic rings. The fourth-order valence-corrected chi connectivity index (χ4v) is 8.31. The Hall–Kier alpha value is -3.67. The first kappa shape index (κ1) is 68.3. The van der Waals surface area contributed by atoms with E-state index in [-0.39, 0.29) is 31.6 Å². The number of carbonyl (C=O) groups excluding carboxylic acids is 3. The molecular formula is C66H112O6. The quantitative estimate of drug-likeness (QED) is 0.0261. The first-order valence-electron chi connectivity index (χ1n) is 30.2. The van der Waals surface area contributed by atoms with Crippen LogP contribution in [0, 0.1) is 0 Å². The minimum Gasteiger partial charge on any atom is -0.462 e. The highest BCUT2D eigenvalue weighted by Crippen LogP contribution is 2.15. The standard InChI is InChI=1S/C66H112O6/c1-4-7-10-13-16-19-22-25-28-29-30-31-32-33-34-35-36-37-39-41-44-47-50-53-56-59-65(68)71-62-63(61-70-64(67)58-55-52-49-46-43-40-27-24-21-18-15-12-9-6-3)72-66(69)60-57-54-51-48-45-42-38-26-23-20-17-14-11-8-5-2/h8,11,17,20,22,24-27,29-30,38,45,48,54,57,63H,4-7,9-10,12-16,18-19,21,23,28,31-37,39-44,46-47,49-53,55-56,58-62H2,1-3H3/b11-8-,20-17-,25-22-,27-24-,30-29-,38-26-,48-45-,57-54-. The highest BCUT2D eigenvalue weighted by Gasteiger charge is 2.19. The summed E-state index contributed by atoms with van der Waals surface area (Å²) in [6.07, 6.45) is 80.1. The Kier molecular flexibility index (Phi) is 56.8. The summed E-state index contributed by atoms with van der Waals surface area (Å²) in [6, 6.07) is 0. The van der Waals surface area contributed by atoms with Gasteiger partial charge in [-0.25, -0.2) is 0 Å². The van der Waals surface area contributed by atoms with Crippen molar-refractivity contribution < 1.29 is 28.6 Å². The predicted octanol–water partition coefficient (Wildman–Crippen LogP) is 20.5. The Morgan fingerprint density at radius 3 is 0.931 bits per heavy atom. The maximum absolute atomic E-state index is 12.8. The van der Waals surface area contributed by atoms with Gasteiger partial charge < -0.3 is 14.2 Å². The third-order valence-corrected chi connectivity index (χ3v) is 12.8. The lowest BCUT2D eigenvalue weighted by molar-refractivity contribution is -0.166. The van der Waals surface area contributed by atoms with Gasteiger partial charge in [0.05, 0.1) is 6.42 Å². The number of unbranched alkanes of at least 4 members (excludes halogenated alkanes) is 28. The summed E-state index contributed by atoms with van der Waals surface area (Å²) in [5.74, 6) is -1.05. The SMILES string of the molecule is CC/C=C\C/C=C\C/C=C\C/C=C\C/C=C\CC(=O)OC(COC(=O)CCCCCCC/C=C\CCCCCCC)COC(=O)CCCCCCCCCCCCCCC/C=C\C/C=C\CCCCCCC. The molecule has 1 unspecified atom stereocenters. The molecule has 0 aromatic carbocycles. The van der Waals surface area contributed by atoms with Crippen molar-refractivity contribution in [1.82, 2.24) is 0 Å². The summed E-state index contributed by atoms with van der Waals surface area (Å²) in [5.41, 5.74) is 0. The molecule has 0 heterocycles. The number of carbonyl (C=O) groups is 3. The van der Waals surface area contributed by atoms with E-state index < -0.39 is 12.1 Å². The highest BCUT2D eigenvalue weighted by atomic mass is 16.6. The van der Waals surface area contributed by atoms with Gasteiger partial charge in [0.2, 0.25) is 0 Å². The normalized spacial score (nSPS) is 12.8. The van der Waals surface area contributed by atoms with Crippen molar-refractivity contribution in [1.29, 1.82) is 0 Å². The zero-order chi connectivity index (χ0) is 52.2.